The lowest BCUT2D eigenvalue weighted by Gasteiger charge is -2.45. The highest BCUT2D eigenvalue weighted by molar-refractivity contribution is 8.00. The van der Waals surface area contributed by atoms with Gasteiger partial charge in [-0.1, -0.05) is 30.2 Å². The van der Waals surface area contributed by atoms with Gasteiger partial charge in [-0.15, -0.1) is 23.7 Å². The molecule has 1 saturated carbocycles. The lowest BCUT2D eigenvalue weighted by Crippen LogP contribution is -2.58. The number of aromatic nitrogens is 1. The van der Waals surface area contributed by atoms with Crippen molar-refractivity contribution < 1.29 is 71.2 Å². The number of morpholine rings is 1. The van der Waals surface area contributed by atoms with Gasteiger partial charge in [-0.05, 0) is 76.5 Å². The summed E-state index contributed by atoms with van der Waals surface area (Å²) in [5, 5.41) is 14.3. The summed E-state index contributed by atoms with van der Waals surface area (Å²) in [6, 6.07) is 9.01. The molecular weight excluding hydrogens is 1140 g/mol. The summed E-state index contributed by atoms with van der Waals surface area (Å²) < 4.78 is 67.5. The number of hydrogen-bond donors (Lipinski definition) is 4. The Hall–Kier alpha value is -2.53. The minimum atomic E-state index is -0.530. The Balaban J connectivity index is 0.0000123. The van der Waals surface area contributed by atoms with Gasteiger partial charge in [-0.2, -0.15) is 11.8 Å². The van der Waals surface area contributed by atoms with Crippen LogP contribution in [0.5, 0.6) is 0 Å². The molecule has 4 heterocycles. The zero-order chi connectivity index (χ0) is 57.0. The van der Waals surface area contributed by atoms with Gasteiger partial charge in [0.15, 0.2) is 0 Å². The van der Waals surface area contributed by atoms with Crippen molar-refractivity contribution in [2.75, 3.05) is 177 Å². The number of halogens is 2. The van der Waals surface area contributed by atoms with Crippen LogP contribution in [0.2, 0.25) is 5.02 Å². The first kappa shape index (κ1) is 70.2. The molecule has 0 spiro atoms. The highest BCUT2D eigenvalue weighted by Crippen LogP contribution is 2.39. The number of benzene rings is 1. The van der Waals surface area contributed by atoms with Crippen LogP contribution in [0.25, 0.3) is 0 Å². The number of nitrogens with one attached hydrogen (secondary N) is 4. The van der Waals surface area contributed by atoms with E-state index < -0.39 is 6.10 Å². The average molecular weight is 1240 g/mol. The van der Waals surface area contributed by atoms with E-state index >= 15 is 0 Å². The number of ether oxygens (including phenoxy) is 12. The van der Waals surface area contributed by atoms with Gasteiger partial charge in [0.25, 0.3) is 5.91 Å². The van der Waals surface area contributed by atoms with Crippen molar-refractivity contribution in [2.24, 2.45) is 0 Å². The Bertz CT molecular complexity index is 2000. The number of urea groups is 1. The average Bonchev–Trinajstić information content (AvgIpc) is 4.17. The van der Waals surface area contributed by atoms with Crippen LogP contribution in [0.4, 0.5) is 4.79 Å². The van der Waals surface area contributed by atoms with E-state index in [9.17, 15) is 14.4 Å². The number of carbonyl (C=O) groups is 3. The number of thiazole rings is 1. The second kappa shape index (κ2) is 43.2. The number of hydrogen-bond acceptors (Lipinski definition) is 19. The molecule has 1 aromatic heterocycles. The summed E-state index contributed by atoms with van der Waals surface area (Å²) in [5.74, 6) is 1.40. The molecule has 2 aromatic rings. The minimum absolute atomic E-state index is 0. The summed E-state index contributed by atoms with van der Waals surface area (Å²) in [5.41, 5.74) is 2.36. The molecule has 3 saturated heterocycles. The topological polar surface area (TPSA) is 226 Å². The SMILES string of the molecule is Cc1nc(C2CCC(N3C[C@H](C(=O)NCCOCCOCCOCCOCCOCCOCCOCCOCCOCCOCCOCCNC(=O)CCCC[C@H]4SC[C@@H]5NC(=O)N[C@H]54)OC[C@@H]3Cc3ccc(Cl)cc3)CC2)sc1C.Cl. The van der Waals surface area contributed by atoms with Crippen molar-refractivity contribution in [1.29, 1.82) is 0 Å². The molecule has 82 heavy (non-hydrogen) atoms. The minimum Gasteiger partial charge on any atom is -0.377 e. The maximum atomic E-state index is 13.3. The number of unbranched alkanes of at least 4 members (excludes halogenated alkanes) is 1. The molecule has 4 amide bonds. The molecule has 5 atom stereocenters. The largest absolute Gasteiger partial charge is 0.377 e. The molecule has 3 aliphatic heterocycles. The van der Waals surface area contributed by atoms with Gasteiger partial charge in [-0.25, -0.2) is 9.78 Å². The van der Waals surface area contributed by atoms with Crippen molar-refractivity contribution >= 4 is 65.0 Å². The summed E-state index contributed by atoms with van der Waals surface area (Å²) in [6.07, 6.45) is 8.00. The van der Waals surface area contributed by atoms with Gasteiger partial charge in [0.05, 0.1) is 175 Å². The van der Waals surface area contributed by atoms with Crippen molar-refractivity contribution in [1.82, 2.24) is 31.2 Å². The number of carbonyl (C=O) groups excluding carboxylic acids is 3. The van der Waals surface area contributed by atoms with E-state index in [1.807, 2.05) is 35.2 Å². The van der Waals surface area contributed by atoms with Crippen LogP contribution >= 0.6 is 47.1 Å². The number of nitrogens with zero attached hydrogens (tertiary/aromatic N) is 2. The van der Waals surface area contributed by atoms with E-state index in [1.165, 1.54) is 15.4 Å². The summed E-state index contributed by atoms with van der Waals surface area (Å²) in [7, 11) is 0. The first-order chi connectivity index (χ1) is 39.7. The Morgan fingerprint density at radius 3 is 1.65 bits per heavy atom. The fraction of sp³-hybridized carbons (Fsp3) is 0.789. The van der Waals surface area contributed by atoms with Crippen LogP contribution < -0.4 is 21.3 Å². The van der Waals surface area contributed by atoms with E-state index in [-0.39, 0.29) is 48.4 Å². The predicted molar refractivity (Wildman–Crippen MR) is 318 cm³/mol. The molecule has 0 unspecified atom stereocenters. The Morgan fingerprint density at radius 1 is 0.671 bits per heavy atom. The van der Waals surface area contributed by atoms with Crippen LogP contribution in [-0.2, 0) is 72.9 Å². The van der Waals surface area contributed by atoms with Crippen molar-refractivity contribution in [2.45, 2.75) is 113 Å². The normalized spacial score (nSPS) is 21.7. The maximum absolute atomic E-state index is 13.3. The van der Waals surface area contributed by atoms with E-state index in [1.54, 1.807) is 0 Å². The second-order valence-corrected chi connectivity index (χ2v) is 23.4. The number of rotatable bonds is 46. The molecule has 0 radical (unpaired) electrons. The smallest absolute Gasteiger partial charge is 0.315 e. The van der Waals surface area contributed by atoms with Crippen LogP contribution in [0.15, 0.2) is 24.3 Å². The third-order valence-corrected chi connectivity index (χ3v) is 17.5. The van der Waals surface area contributed by atoms with E-state index in [2.05, 4.69) is 52.1 Å². The van der Waals surface area contributed by atoms with Crippen molar-refractivity contribution in [3.05, 3.63) is 50.4 Å². The second-order valence-electron chi connectivity index (χ2n) is 20.4. The molecule has 6 rings (SSSR count). The fourth-order valence-electron chi connectivity index (χ4n) is 10.0. The van der Waals surface area contributed by atoms with Crippen LogP contribution in [0.1, 0.15) is 78.4 Å². The molecular formula is C57H94Cl2N6O15S2. The van der Waals surface area contributed by atoms with Crippen molar-refractivity contribution in [3.63, 3.8) is 0 Å². The quantitative estimate of drug-likeness (QED) is 0.0486. The zero-order valence-corrected chi connectivity index (χ0v) is 51.6. The highest BCUT2D eigenvalue weighted by Gasteiger charge is 2.43. The van der Waals surface area contributed by atoms with Crippen molar-refractivity contribution in [3.8, 4) is 0 Å². The molecule has 21 nitrogen and oxygen atoms in total. The molecule has 0 bridgehead atoms. The van der Waals surface area contributed by atoms with Gasteiger partial charge >= 0.3 is 6.03 Å². The number of aryl methyl sites for hydroxylation is 2. The van der Waals surface area contributed by atoms with E-state index in [0.29, 0.717) is 195 Å². The first-order valence-corrected chi connectivity index (χ1v) is 31.6. The first-order valence-electron chi connectivity index (χ1n) is 29.4. The van der Waals surface area contributed by atoms with E-state index in [0.717, 1.165) is 67.8 Å². The molecule has 4 fully saturated rings. The molecule has 4 N–H and O–H groups in total. The molecule has 25 heteroatoms. The van der Waals surface area contributed by atoms with Crippen LogP contribution in [0, 0.1) is 13.8 Å². The molecule has 468 valence electrons. The molecule has 1 aromatic carbocycles. The van der Waals surface area contributed by atoms with Crippen LogP contribution in [-0.4, -0.2) is 241 Å². The third kappa shape index (κ3) is 28.3. The number of thioether (sulfide) groups is 1. The lowest BCUT2D eigenvalue weighted by atomic mass is 9.84. The Kier molecular flexibility index (Phi) is 37.0. The monoisotopic (exact) mass is 1240 g/mol. The number of amides is 4. The Labute approximate surface area is 505 Å². The predicted octanol–water partition coefficient (Wildman–Crippen LogP) is 5.31. The third-order valence-electron chi connectivity index (χ3n) is 14.5. The van der Waals surface area contributed by atoms with Gasteiger partial charge in [0, 0.05) is 65.0 Å². The van der Waals surface area contributed by atoms with Gasteiger partial charge in [0.2, 0.25) is 5.91 Å². The highest BCUT2D eigenvalue weighted by atomic mass is 35.5. The summed E-state index contributed by atoms with van der Waals surface area (Å²) in [4.78, 5) is 45.6. The Morgan fingerprint density at radius 2 is 1.16 bits per heavy atom. The van der Waals surface area contributed by atoms with Gasteiger partial charge < -0.3 is 78.1 Å². The molecule has 1 aliphatic carbocycles. The fourth-order valence-corrected chi connectivity index (χ4v) is 12.8. The zero-order valence-electron chi connectivity index (χ0n) is 48.4. The van der Waals surface area contributed by atoms with E-state index in [4.69, 9.17) is 73.4 Å². The summed E-state index contributed by atoms with van der Waals surface area (Å²) in [6.45, 7) is 16.3. The lowest BCUT2D eigenvalue weighted by molar-refractivity contribution is -0.145. The van der Waals surface area contributed by atoms with Gasteiger partial charge in [0.1, 0.15) is 6.10 Å². The maximum Gasteiger partial charge on any atom is 0.315 e. The van der Waals surface area contributed by atoms with Crippen LogP contribution in [0.3, 0.4) is 0 Å². The number of fused-ring (bicyclic) bond motifs is 1. The van der Waals surface area contributed by atoms with Gasteiger partial charge in [-0.3, -0.25) is 14.5 Å². The summed E-state index contributed by atoms with van der Waals surface area (Å²) >= 11 is 9.92. The standard InChI is InChI=1S/C57H93ClN6O15S2.ClH/c1-43-44(2)81-56(61-43)46-9-13-48(14-10-46)64-40-51(79-41-49(64)39-45-7-11-47(58)12-8-45)55(66)60-16-18-69-20-22-71-24-26-73-28-30-75-32-34-77-36-38-78-37-35-76-33-31-74-29-27-72-25-23-70-21-19-68-17-15-59-53(65)6-4-3-5-52-54-50(42-80-52)62-57(67)63-54;/h7-8,11-12,46,48-52,54H,3-6,9-10,13-42H2,1-2H3,(H,59,65)(H,60,66)(H2,62,63,67);1H/t46?,48?,49-,50-,51+,52+,54+;/m0./s1. The molecule has 4 aliphatic rings.